The molecule has 0 saturated carbocycles. The number of nitrogens with one attached hydrogen (secondary N) is 1. The van der Waals surface area contributed by atoms with Gasteiger partial charge in [0, 0.05) is 18.1 Å². The third-order valence-corrected chi connectivity index (χ3v) is 6.09. The van der Waals surface area contributed by atoms with E-state index >= 15 is 0 Å². The van der Waals surface area contributed by atoms with Gasteiger partial charge in [0.25, 0.3) is 0 Å². The summed E-state index contributed by atoms with van der Waals surface area (Å²) in [7, 11) is -3.76. The van der Waals surface area contributed by atoms with Crippen molar-refractivity contribution in [3.05, 3.63) is 66.5 Å². The van der Waals surface area contributed by atoms with Crippen LogP contribution < -0.4 is 10.5 Å². The van der Waals surface area contributed by atoms with Crippen LogP contribution in [0.2, 0.25) is 0 Å². The predicted molar refractivity (Wildman–Crippen MR) is 110 cm³/mol. The van der Waals surface area contributed by atoms with Crippen LogP contribution in [0.25, 0.3) is 5.69 Å². The smallest absolute Gasteiger partial charge is 0.238 e. The van der Waals surface area contributed by atoms with Gasteiger partial charge in [-0.25, -0.2) is 18.5 Å². The number of primary sulfonamides is 1. The summed E-state index contributed by atoms with van der Waals surface area (Å²) < 4.78 is 24.6. The van der Waals surface area contributed by atoms with Crippen LogP contribution in [-0.2, 0) is 14.8 Å². The number of nitrogens with two attached hydrogens (primary N) is 1. The van der Waals surface area contributed by atoms with E-state index in [9.17, 15) is 13.2 Å². The van der Waals surface area contributed by atoms with E-state index < -0.39 is 15.3 Å². The molecular formula is C19H20N4O3S2. The molecule has 0 bridgehead atoms. The average Bonchev–Trinajstić information content (AvgIpc) is 3.09. The van der Waals surface area contributed by atoms with Gasteiger partial charge in [0.1, 0.15) is 0 Å². The number of aromatic nitrogens is 2. The summed E-state index contributed by atoms with van der Waals surface area (Å²) in [6, 6.07) is 13.7. The third-order valence-electron chi connectivity index (χ3n) is 4.08. The van der Waals surface area contributed by atoms with Crippen molar-refractivity contribution >= 4 is 33.4 Å². The molecule has 9 heteroatoms. The lowest BCUT2D eigenvalue weighted by atomic mass is 10.2. The second kappa shape index (κ2) is 8.17. The Kier molecular flexibility index (Phi) is 5.87. The van der Waals surface area contributed by atoms with E-state index in [-0.39, 0.29) is 10.8 Å². The van der Waals surface area contributed by atoms with E-state index in [4.69, 9.17) is 5.14 Å². The van der Waals surface area contributed by atoms with Crippen molar-refractivity contribution in [1.29, 1.82) is 0 Å². The highest BCUT2D eigenvalue weighted by Crippen LogP contribution is 2.26. The fourth-order valence-corrected chi connectivity index (χ4v) is 3.97. The molecule has 3 aromatic rings. The Balaban J connectivity index is 1.70. The Morgan fingerprint density at radius 2 is 1.86 bits per heavy atom. The molecule has 1 unspecified atom stereocenters. The van der Waals surface area contributed by atoms with E-state index in [1.165, 1.54) is 36.0 Å². The molecule has 0 aliphatic carbocycles. The van der Waals surface area contributed by atoms with Gasteiger partial charge >= 0.3 is 0 Å². The highest BCUT2D eigenvalue weighted by atomic mass is 32.2. The van der Waals surface area contributed by atoms with Crippen molar-refractivity contribution in [3.63, 3.8) is 0 Å². The van der Waals surface area contributed by atoms with E-state index in [2.05, 4.69) is 10.3 Å². The number of anilines is 1. The minimum Gasteiger partial charge on any atom is -0.325 e. The second-order valence-electron chi connectivity index (χ2n) is 6.19. The molecule has 3 N–H and O–H groups in total. The average molecular weight is 417 g/mol. The van der Waals surface area contributed by atoms with Crippen molar-refractivity contribution in [3.8, 4) is 5.69 Å². The normalized spacial score (nSPS) is 12.5. The predicted octanol–water partition coefficient (Wildman–Crippen LogP) is 2.95. The first kappa shape index (κ1) is 20.1. The van der Waals surface area contributed by atoms with Crippen molar-refractivity contribution in [2.75, 3.05) is 5.32 Å². The number of aryl methyl sites for hydroxylation is 1. The van der Waals surface area contributed by atoms with Crippen LogP contribution in [0.1, 0.15) is 12.5 Å². The number of thioether (sulfide) groups is 1. The molecule has 1 amide bonds. The summed E-state index contributed by atoms with van der Waals surface area (Å²) in [6.45, 7) is 3.81. The lowest BCUT2D eigenvalue weighted by Gasteiger charge is -2.14. The lowest BCUT2D eigenvalue weighted by Crippen LogP contribution is -2.23. The van der Waals surface area contributed by atoms with Crippen LogP contribution in [0.15, 0.2) is 71.0 Å². The molecule has 2 aromatic carbocycles. The van der Waals surface area contributed by atoms with E-state index in [1.807, 2.05) is 42.0 Å². The number of amides is 1. The van der Waals surface area contributed by atoms with Gasteiger partial charge in [-0.05, 0) is 49.7 Å². The van der Waals surface area contributed by atoms with Crippen molar-refractivity contribution in [1.82, 2.24) is 9.55 Å². The SMILES string of the molecule is Cc1ccccc1-n1ccnc1SC(C)C(=O)Nc1ccc(S(N)(=O)=O)cc1. The van der Waals surface area contributed by atoms with Crippen LogP contribution in [0, 0.1) is 6.92 Å². The van der Waals surface area contributed by atoms with Crippen LogP contribution in [0.3, 0.4) is 0 Å². The number of nitrogens with zero attached hydrogens (tertiary/aromatic N) is 2. The quantitative estimate of drug-likeness (QED) is 0.601. The van der Waals surface area contributed by atoms with Crippen LogP contribution in [0.5, 0.6) is 0 Å². The molecule has 0 fully saturated rings. The van der Waals surface area contributed by atoms with Gasteiger partial charge in [-0.3, -0.25) is 9.36 Å². The highest BCUT2D eigenvalue weighted by molar-refractivity contribution is 8.00. The lowest BCUT2D eigenvalue weighted by molar-refractivity contribution is -0.115. The van der Waals surface area contributed by atoms with Gasteiger partial charge in [-0.15, -0.1) is 0 Å². The molecule has 1 heterocycles. The summed E-state index contributed by atoms with van der Waals surface area (Å²) in [4.78, 5) is 16.9. The van der Waals surface area contributed by atoms with Gasteiger partial charge in [0.2, 0.25) is 15.9 Å². The third kappa shape index (κ3) is 4.61. The van der Waals surface area contributed by atoms with Crippen molar-refractivity contribution < 1.29 is 13.2 Å². The number of carbonyl (C=O) groups excluding carboxylic acids is 1. The second-order valence-corrected chi connectivity index (χ2v) is 9.05. The highest BCUT2D eigenvalue weighted by Gasteiger charge is 2.18. The molecule has 0 radical (unpaired) electrons. The first-order valence-electron chi connectivity index (χ1n) is 8.45. The molecule has 28 heavy (non-hydrogen) atoms. The molecule has 0 aliphatic rings. The molecule has 7 nitrogen and oxygen atoms in total. The van der Waals surface area contributed by atoms with Gasteiger partial charge in [0.15, 0.2) is 5.16 Å². The van der Waals surface area contributed by atoms with Gasteiger partial charge in [-0.1, -0.05) is 30.0 Å². The zero-order valence-electron chi connectivity index (χ0n) is 15.4. The first-order chi connectivity index (χ1) is 13.3. The molecule has 1 atom stereocenters. The number of hydrogen-bond acceptors (Lipinski definition) is 5. The largest absolute Gasteiger partial charge is 0.325 e. The van der Waals surface area contributed by atoms with Crippen molar-refractivity contribution in [2.24, 2.45) is 5.14 Å². The summed E-state index contributed by atoms with van der Waals surface area (Å²) in [5.41, 5.74) is 2.61. The summed E-state index contributed by atoms with van der Waals surface area (Å²) in [6.07, 6.45) is 3.56. The molecule has 0 spiro atoms. The first-order valence-corrected chi connectivity index (χ1v) is 10.9. The van der Waals surface area contributed by atoms with Crippen LogP contribution >= 0.6 is 11.8 Å². The van der Waals surface area contributed by atoms with Gasteiger partial charge in [0.05, 0.1) is 15.8 Å². The maximum Gasteiger partial charge on any atom is 0.238 e. The van der Waals surface area contributed by atoms with Crippen LogP contribution in [0.4, 0.5) is 5.69 Å². The number of para-hydroxylation sites is 1. The Morgan fingerprint density at radius 3 is 2.50 bits per heavy atom. The summed E-state index contributed by atoms with van der Waals surface area (Å²) >= 11 is 1.34. The fourth-order valence-electron chi connectivity index (χ4n) is 2.58. The maximum absolute atomic E-state index is 12.5. The van der Waals surface area contributed by atoms with Crippen LogP contribution in [-0.4, -0.2) is 29.1 Å². The number of carbonyl (C=O) groups is 1. The van der Waals surface area contributed by atoms with Gasteiger partial charge < -0.3 is 5.32 Å². The number of hydrogen-bond donors (Lipinski definition) is 2. The monoisotopic (exact) mass is 416 g/mol. The topological polar surface area (TPSA) is 107 Å². The Labute approximate surface area is 168 Å². The molecule has 0 saturated heterocycles. The zero-order valence-corrected chi connectivity index (χ0v) is 17.0. The zero-order chi connectivity index (χ0) is 20.3. The number of rotatable bonds is 6. The summed E-state index contributed by atoms with van der Waals surface area (Å²) in [5.74, 6) is -0.215. The summed E-state index contributed by atoms with van der Waals surface area (Å²) in [5, 5.41) is 8.14. The van der Waals surface area contributed by atoms with Crippen molar-refractivity contribution in [2.45, 2.75) is 29.1 Å². The van der Waals surface area contributed by atoms with E-state index in [0.717, 1.165) is 11.3 Å². The molecule has 146 valence electrons. The standard InChI is InChI=1S/C19H20N4O3S2/c1-13-5-3-4-6-17(13)23-12-11-21-19(23)27-14(2)18(24)22-15-7-9-16(10-8-15)28(20,25)26/h3-12,14H,1-2H3,(H,22,24)(H2,20,25,26). The molecule has 0 aliphatic heterocycles. The number of imidazole rings is 1. The minimum atomic E-state index is -3.76. The molecule has 3 rings (SSSR count). The molecule has 1 aromatic heterocycles. The number of benzene rings is 2. The number of sulfonamides is 1. The Morgan fingerprint density at radius 1 is 1.18 bits per heavy atom. The van der Waals surface area contributed by atoms with E-state index in [1.54, 1.807) is 13.1 Å². The maximum atomic E-state index is 12.5. The Hall–Kier alpha value is -2.62. The van der Waals surface area contributed by atoms with Gasteiger partial charge in [-0.2, -0.15) is 0 Å². The molecular weight excluding hydrogens is 396 g/mol. The Bertz CT molecular complexity index is 1090. The fraction of sp³-hybridized carbons (Fsp3) is 0.158. The minimum absolute atomic E-state index is 0.00631. The van der Waals surface area contributed by atoms with E-state index in [0.29, 0.717) is 10.8 Å².